The Kier molecular flexibility index (Phi) is 7.10. The van der Waals surface area contributed by atoms with Crippen LogP contribution in [-0.2, 0) is 15.6 Å². The van der Waals surface area contributed by atoms with Crippen LogP contribution in [0.5, 0.6) is 0 Å². The molecule has 3 nitrogen and oxygen atoms in total. The fraction of sp³-hybridized carbons (Fsp3) is 0.667. The summed E-state index contributed by atoms with van der Waals surface area (Å²) >= 11 is 0. The van der Waals surface area contributed by atoms with E-state index in [0.717, 1.165) is 5.56 Å². The zero-order valence-corrected chi connectivity index (χ0v) is 20.5. The molecule has 1 N–H and O–H groups in total. The Morgan fingerprint density at radius 1 is 0.962 bits per heavy atom. The average Bonchev–Trinajstić information content (AvgIpc) is 2.44. The van der Waals surface area contributed by atoms with Crippen LogP contribution in [0.3, 0.4) is 0 Å². The van der Waals surface area contributed by atoms with Gasteiger partial charge in [0.15, 0.2) is 0 Å². The first-order valence-corrected chi connectivity index (χ1v) is 15.5. The Hall–Kier alpha value is -0.916. The van der Waals surface area contributed by atoms with Crippen LogP contribution in [0, 0.1) is 0 Å². The van der Waals surface area contributed by atoms with Gasteiger partial charge in [0.25, 0.3) is 8.32 Å². The van der Waals surface area contributed by atoms with Gasteiger partial charge in [0, 0.05) is 0 Å². The molecule has 0 bridgehead atoms. The van der Waals surface area contributed by atoms with Crippen LogP contribution < -0.4 is 4.98 Å². The lowest BCUT2D eigenvalue weighted by atomic mass is 10.1. The molecule has 1 aromatic carbocycles. The van der Waals surface area contributed by atoms with Gasteiger partial charge in [-0.05, 0) is 35.2 Å². The summed E-state index contributed by atoms with van der Waals surface area (Å²) in [5, 5.41) is 0.163. The number of benzene rings is 1. The minimum Gasteiger partial charge on any atom is -0.518 e. The maximum Gasteiger partial charge on any atom is 0.309 e. The van der Waals surface area contributed by atoms with Gasteiger partial charge in [-0.3, -0.25) is 4.79 Å². The number of rotatable bonds is 6. The van der Waals surface area contributed by atoms with E-state index >= 15 is 0 Å². The Morgan fingerprint density at radius 2 is 1.46 bits per heavy atom. The normalized spacial score (nSPS) is 14.8. The summed E-state index contributed by atoms with van der Waals surface area (Å²) in [7, 11) is -3.98. The summed E-state index contributed by atoms with van der Waals surface area (Å²) in [5.41, 5.74) is 1.16. The van der Waals surface area contributed by atoms with Crippen molar-refractivity contribution in [3.63, 3.8) is 0 Å². The fourth-order valence-electron chi connectivity index (χ4n) is 2.17. The van der Waals surface area contributed by atoms with Crippen LogP contribution in [0.25, 0.3) is 0 Å². The highest BCUT2D eigenvalue weighted by atomic mass is 28.4. The molecule has 0 saturated carbocycles. The summed E-state index contributed by atoms with van der Waals surface area (Å²) in [5.74, 6) is -0.0923. The van der Waals surface area contributed by atoms with Crippen LogP contribution >= 0.6 is 0 Å². The lowest BCUT2D eigenvalue weighted by molar-refractivity contribution is -0.137. The van der Waals surface area contributed by atoms with Crippen LogP contribution in [-0.4, -0.2) is 28.6 Å². The van der Waals surface area contributed by atoms with E-state index in [1.807, 2.05) is 18.2 Å². The van der Waals surface area contributed by atoms with Crippen LogP contribution in [0.15, 0.2) is 30.3 Å². The first-order valence-electron chi connectivity index (χ1n) is 9.61. The molecule has 5 heteroatoms. The highest BCUT2D eigenvalue weighted by molar-refractivity contribution is 6.78. The Balaban J connectivity index is 3.09. The lowest BCUT2D eigenvalue weighted by Gasteiger charge is -2.41. The molecule has 0 saturated heterocycles. The van der Waals surface area contributed by atoms with Crippen LogP contribution in [0.1, 0.15) is 47.1 Å². The maximum absolute atomic E-state index is 13.2. The number of nitrogens with one attached hydrogen (secondary N) is 1. The Labute approximate surface area is 163 Å². The van der Waals surface area contributed by atoms with Gasteiger partial charge in [-0.1, -0.05) is 85.0 Å². The van der Waals surface area contributed by atoms with Gasteiger partial charge in [-0.15, -0.1) is 0 Å². The fourth-order valence-corrected chi connectivity index (χ4v) is 4.65. The smallest absolute Gasteiger partial charge is 0.309 e. The third kappa shape index (κ3) is 6.06. The SMILES string of the molecule is CC(C)(C)[Si](C)(C)NC(Cc1ccccc1)C(=O)O[Si](C)(C)C(C)(C)C. The highest BCUT2D eigenvalue weighted by Crippen LogP contribution is 2.37. The average molecular weight is 394 g/mol. The van der Waals surface area contributed by atoms with E-state index in [4.69, 9.17) is 4.43 Å². The predicted octanol–water partition coefficient (Wildman–Crippen LogP) is 5.74. The standard InChI is InChI=1S/C21H39NO2Si2/c1-20(2,3)25(7,8)22-18(16-17-14-12-11-13-15-17)19(23)24-26(9,10)21(4,5)6/h11-15,18,22H,16H2,1-10H3. The van der Waals surface area contributed by atoms with E-state index < -0.39 is 16.6 Å². The topological polar surface area (TPSA) is 38.3 Å². The predicted molar refractivity (Wildman–Crippen MR) is 118 cm³/mol. The van der Waals surface area contributed by atoms with E-state index in [1.54, 1.807) is 0 Å². The molecule has 0 aliphatic rings. The molecule has 0 spiro atoms. The minimum atomic E-state index is -2.14. The molecule has 1 unspecified atom stereocenters. The van der Waals surface area contributed by atoms with Gasteiger partial charge >= 0.3 is 5.97 Å². The number of carbonyl (C=O) groups is 1. The van der Waals surface area contributed by atoms with Gasteiger partial charge in [0.2, 0.25) is 0 Å². The Bertz CT molecular complexity index is 599. The second-order valence-electron chi connectivity index (χ2n) is 10.4. The molecule has 0 heterocycles. The molecule has 0 aliphatic carbocycles. The van der Waals surface area contributed by atoms with Crippen molar-refractivity contribution in [2.45, 2.75) is 90.3 Å². The van der Waals surface area contributed by atoms with E-state index in [-0.39, 0.29) is 22.1 Å². The molecule has 1 aromatic rings. The maximum atomic E-state index is 13.2. The van der Waals surface area contributed by atoms with E-state index in [9.17, 15) is 4.79 Å². The highest BCUT2D eigenvalue weighted by Gasteiger charge is 2.44. The molecule has 1 atom stereocenters. The quantitative estimate of drug-likeness (QED) is 0.626. The summed E-state index contributed by atoms with van der Waals surface area (Å²) in [6.45, 7) is 22.1. The number of hydrogen-bond acceptors (Lipinski definition) is 3. The third-order valence-electron chi connectivity index (χ3n) is 6.14. The number of hydrogen-bond donors (Lipinski definition) is 1. The summed E-state index contributed by atoms with van der Waals surface area (Å²) in [6.07, 6.45) is 0.667. The first kappa shape index (κ1) is 23.1. The van der Waals surface area contributed by atoms with Gasteiger partial charge in [-0.2, -0.15) is 0 Å². The van der Waals surface area contributed by atoms with E-state index in [0.29, 0.717) is 6.42 Å². The molecule has 1 rings (SSSR count). The molecular weight excluding hydrogens is 354 g/mol. The molecule has 148 valence electrons. The zero-order chi connectivity index (χ0) is 20.4. The van der Waals surface area contributed by atoms with E-state index in [2.05, 4.69) is 84.8 Å². The second-order valence-corrected chi connectivity index (χ2v) is 20.2. The van der Waals surface area contributed by atoms with Crippen molar-refractivity contribution in [3.05, 3.63) is 35.9 Å². The van der Waals surface area contributed by atoms with Gasteiger partial charge in [-0.25, -0.2) is 0 Å². The Morgan fingerprint density at radius 3 is 1.88 bits per heavy atom. The second kappa shape index (κ2) is 7.99. The summed E-state index contributed by atoms with van der Waals surface area (Å²) in [6, 6.07) is 9.93. The molecule has 0 radical (unpaired) electrons. The zero-order valence-electron chi connectivity index (χ0n) is 18.5. The monoisotopic (exact) mass is 393 g/mol. The minimum absolute atomic E-state index is 0.0108. The van der Waals surface area contributed by atoms with Crippen LogP contribution in [0.4, 0.5) is 0 Å². The molecule has 0 aromatic heterocycles. The molecule has 0 amide bonds. The van der Waals surface area contributed by atoms with Gasteiger partial charge < -0.3 is 9.41 Å². The van der Waals surface area contributed by atoms with Gasteiger partial charge in [0.1, 0.15) is 14.3 Å². The van der Waals surface area contributed by atoms with Crippen molar-refractivity contribution in [3.8, 4) is 0 Å². The summed E-state index contributed by atoms with van der Waals surface area (Å²) in [4.78, 5) is 16.9. The lowest BCUT2D eigenvalue weighted by Crippen LogP contribution is -2.60. The number of carbonyl (C=O) groups excluding carboxylic acids is 1. The van der Waals surface area contributed by atoms with Crippen LogP contribution in [0.2, 0.25) is 36.3 Å². The third-order valence-corrected chi connectivity index (χ3v) is 15.3. The van der Waals surface area contributed by atoms with Crippen molar-refractivity contribution >= 4 is 22.5 Å². The summed E-state index contributed by atoms with van der Waals surface area (Å²) < 4.78 is 6.15. The first-order chi connectivity index (χ1) is 11.6. The van der Waals surface area contributed by atoms with E-state index in [1.165, 1.54) is 0 Å². The molecule has 0 aliphatic heterocycles. The molecule has 0 fully saturated rings. The molecule has 26 heavy (non-hydrogen) atoms. The molecular formula is C21H39NO2Si2. The van der Waals surface area contributed by atoms with Crippen molar-refractivity contribution in [1.82, 2.24) is 4.98 Å². The van der Waals surface area contributed by atoms with Crippen molar-refractivity contribution in [2.24, 2.45) is 0 Å². The van der Waals surface area contributed by atoms with Crippen molar-refractivity contribution in [2.75, 3.05) is 0 Å². The van der Waals surface area contributed by atoms with Gasteiger partial charge in [0.05, 0.1) is 0 Å². The van der Waals surface area contributed by atoms with Crippen molar-refractivity contribution < 1.29 is 9.22 Å². The van der Waals surface area contributed by atoms with Crippen molar-refractivity contribution in [1.29, 1.82) is 0 Å². The largest absolute Gasteiger partial charge is 0.518 e.